The predicted octanol–water partition coefficient (Wildman–Crippen LogP) is 5.89. The molecule has 0 spiro atoms. The Morgan fingerprint density at radius 1 is 1.14 bits per heavy atom. The van der Waals surface area contributed by atoms with Gasteiger partial charge >= 0.3 is 0 Å². The number of anilines is 1. The predicted molar refractivity (Wildman–Crippen MR) is 126 cm³/mol. The summed E-state index contributed by atoms with van der Waals surface area (Å²) in [4.78, 5) is 6.84. The molecule has 150 valence electrons. The van der Waals surface area contributed by atoms with Crippen LogP contribution in [0, 0.1) is 6.92 Å². The van der Waals surface area contributed by atoms with Crippen molar-refractivity contribution < 1.29 is 0 Å². The monoisotopic (exact) mass is 468 g/mol. The lowest BCUT2D eigenvalue weighted by atomic mass is 9.98. The number of nitrogens with one attached hydrogen (secondary N) is 1. The van der Waals surface area contributed by atoms with Crippen LogP contribution in [0.25, 0.3) is 0 Å². The fraction of sp³-hybridized carbons (Fsp3) is 0.304. The van der Waals surface area contributed by atoms with Gasteiger partial charge in [0.2, 0.25) is 0 Å². The molecule has 0 amide bonds. The maximum atomic E-state index is 5.80. The first-order valence-corrected chi connectivity index (χ1v) is 10.9. The van der Waals surface area contributed by atoms with Crippen molar-refractivity contribution in [2.75, 3.05) is 4.90 Å². The lowest BCUT2D eigenvalue weighted by Crippen LogP contribution is -2.29. The first-order chi connectivity index (χ1) is 13.8. The fourth-order valence-electron chi connectivity index (χ4n) is 3.76. The van der Waals surface area contributed by atoms with E-state index in [2.05, 4.69) is 106 Å². The SMILES string of the molecule is Cc1cc(N2C(=S)N[C@H](c3ccccn3)[C@H]2c2ccn(C(C)(C)C)c2)ccc1Br. The van der Waals surface area contributed by atoms with Crippen molar-refractivity contribution in [2.45, 2.75) is 45.3 Å². The Balaban J connectivity index is 1.83. The maximum Gasteiger partial charge on any atom is 0.174 e. The molecule has 0 bridgehead atoms. The molecule has 1 N–H and O–H groups in total. The van der Waals surface area contributed by atoms with E-state index in [-0.39, 0.29) is 17.6 Å². The van der Waals surface area contributed by atoms with Gasteiger partial charge < -0.3 is 14.8 Å². The smallest absolute Gasteiger partial charge is 0.174 e. The highest BCUT2D eigenvalue weighted by Gasteiger charge is 2.41. The first-order valence-electron chi connectivity index (χ1n) is 9.71. The highest BCUT2D eigenvalue weighted by atomic mass is 79.9. The average molecular weight is 469 g/mol. The maximum absolute atomic E-state index is 5.80. The quantitative estimate of drug-likeness (QED) is 0.486. The van der Waals surface area contributed by atoms with Crippen molar-refractivity contribution in [2.24, 2.45) is 0 Å². The van der Waals surface area contributed by atoms with E-state index in [0.29, 0.717) is 0 Å². The lowest BCUT2D eigenvalue weighted by molar-refractivity contribution is 0.397. The summed E-state index contributed by atoms with van der Waals surface area (Å²) in [6.07, 6.45) is 6.22. The number of halogens is 1. The van der Waals surface area contributed by atoms with Crippen molar-refractivity contribution in [1.29, 1.82) is 0 Å². The van der Waals surface area contributed by atoms with Gasteiger partial charge in [-0.25, -0.2) is 0 Å². The third-order valence-corrected chi connectivity index (χ3v) is 6.55. The minimum absolute atomic E-state index is 0.0153. The summed E-state index contributed by atoms with van der Waals surface area (Å²) in [6, 6.07) is 14.6. The zero-order valence-corrected chi connectivity index (χ0v) is 19.5. The van der Waals surface area contributed by atoms with Gasteiger partial charge in [0.25, 0.3) is 0 Å². The van der Waals surface area contributed by atoms with Crippen molar-refractivity contribution >= 4 is 38.9 Å². The Labute approximate surface area is 186 Å². The van der Waals surface area contributed by atoms with Gasteiger partial charge in [-0.3, -0.25) is 4.98 Å². The Morgan fingerprint density at radius 3 is 2.55 bits per heavy atom. The Bertz CT molecular complexity index is 1040. The first kappa shape index (κ1) is 20.1. The van der Waals surface area contributed by atoms with E-state index in [0.717, 1.165) is 21.0 Å². The largest absolute Gasteiger partial charge is 0.351 e. The van der Waals surface area contributed by atoms with Crippen molar-refractivity contribution in [3.05, 3.63) is 82.3 Å². The van der Waals surface area contributed by atoms with E-state index in [4.69, 9.17) is 12.2 Å². The highest BCUT2D eigenvalue weighted by molar-refractivity contribution is 9.10. The normalized spacial score (nSPS) is 19.5. The summed E-state index contributed by atoms with van der Waals surface area (Å²) in [7, 11) is 0. The van der Waals surface area contributed by atoms with Gasteiger partial charge in [0.15, 0.2) is 5.11 Å². The molecule has 1 aliphatic heterocycles. The Morgan fingerprint density at radius 2 is 1.93 bits per heavy atom. The number of aromatic nitrogens is 2. The van der Waals surface area contributed by atoms with Gasteiger partial charge in [0.05, 0.1) is 17.8 Å². The van der Waals surface area contributed by atoms with Gasteiger partial charge in [-0.05, 0) is 87.4 Å². The third-order valence-electron chi connectivity index (χ3n) is 5.35. The number of pyridine rings is 1. The molecular formula is C23H25BrN4S. The molecule has 0 radical (unpaired) electrons. The molecule has 0 unspecified atom stereocenters. The molecular weight excluding hydrogens is 444 g/mol. The third kappa shape index (κ3) is 3.83. The Kier molecular flexibility index (Phi) is 5.25. The molecule has 29 heavy (non-hydrogen) atoms. The van der Waals surface area contributed by atoms with Crippen LogP contribution < -0.4 is 10.2 Å². The van der Waals surface area contributed by atoms with E-state index in [1.165, 1.54) is 11.1 Å². The van der Waals surface area contributed by atoms with E-state index in [1.54, 1.807) is 0 Å². The summed E-state index contributed by atoms with van der Waals surface area (Å²) >= 11 is 9.41. The average Bonchev–Trinajstić information content (AvgIpc) is 3.29. The van der Waals surface area contributed by atoms with Crippen LogP contribution in [0.3, 0.4) is 0 Å². The second kappa shape index (κ2) is 7.58. The summed E-state index contributed by atoms with van der Waals surface area (Å²) < 4.78 is 3.35. The number of hydrogen-bond acceptors (Lipinski definition) is 2. The molecule has 0 aliphatic carbocycles. The summed E-state index contributed by atoms with van der Waals surface area (Å²) in [5.41, 5.74) is 4.47. The molecule has 3 aromatic rings. The van der Waals surface area contributed by atoms with E-state index in [1.807, 2.05) is 18.3 Å². The number of nitrogens with zero attached hydrogens (tertiary/aromatic N) is 3. The fourth-order valence-corrected chi connectivity index (χ4v) is 4.35. The molecule has 1 aromatic carbocycles. The van der Waals surface area contributed by atoms with Crippen molar-refractivity contribution in [3.8, 4) is 0 Å². The molecule has 4 nitrogen and oxygen atoms in total. The lowest BCUT2D eigenvalue weighted by Gasteiger charge is -2.28. The van der Waals surface area contributed by atoms with Crippen LogP contribution in [0.15, 0.2) is 65.5 Å². The van der Waals surface area contributed by atoms with Gasteiger partial charge in [0, 0.05) is 34.3 Å². The van der Waals surface area contributed by atoms with Gasteiger partial charge in [-0.1, -0.05) is 22.0 Å². The molecule has 1 saturated heterocycles. The number of rotatable bonds is 3. The van der Waals surface area contributed by atoms with Crippen LogP contribution in [0.2, 0.25) is 0 Å². The Hall–Kier alpha value is -2.18. The second-order valence-corrected chi connectivity index (χ2v) is 9.69. The number of benzene rings is 1. The van der Waals surface area contributed by atoms with Crippen LogP contribution in [0.1, 0.15) is 49.7 Å². The molecule has 1 fully saturated rings. The summed E-state index contributed by atoms with van der Waals surface area (Å²) in [5.74, 6) is 0. The van der Waals surface area contributed by atoms with Crippen LogP contribution in [-0.2, 0) is 5.54 Å². The van der Waals surface area contributed by atoms with Gasteiger partial charge in [0.1, 0.15) is 0 Å². The van der Waals surface area contributed by atoms with Crippen LogP contribution in [0.5, 0.6) is 0 Å². The van der Waals surface area contributed by atoms with Crippen molar-refractivity contribution in [3.63, 3.8) is 0 Å². The van der Waals surface area contributed by atoms with E-state index in [9.17, 15) is 0 Å². The van der Waals surface area contributed by atoms with Crippen LogP contribution in [0.4, 0.5) is 5.69 Å². The van der Waals surface area contributed by atoms with Crippen molar-refractivity contribution in [1.82, 2.24) is 14.9 Å². The minimum atomic E-state index is -0.0246. The summed E-state index contributed by atoms with van der Waals surface area (Å²) in [6.45, 7) is 8.72. The van der Waals surface area contributed by atoms with Gasteiger partial charge in [-0.15, -0.1) is 0 Å². The molecule has 6 heteroatoms. The molecule has 3 heterocycles. The molecule has 0 saturated carbocycles. The number of thiocarbonyl (C=S) groups is 1. The van der Waals surface area contributed by atoms with Gasteiger partial charge in [-0.2, -0.15) is 0 Å². The minimum Gasteiger partial charge on any atom is -0.351 e. The zero-order chi connectivity index (χ0) is 20.8. The molecule has 2 aromatic heterocycles. The molecule has 2 atom stereocenters. The van der Waals surface area contributed by atoms with Crippen LogP contribution >= 0.6 is 28.1 Å². The molecule has 1 aliphatic rings. The topological polar surface area (TPSA) is 33.1 Å². The highest BCUT2D eigenvalue weighted by Crippen LogP contribution is 2.42. The zero-order valence-electron chi connectivity index (χ0n) is 17.1. The standard InChI is InChI=1S/C23H25BrN4S/c1-15-13-17(8-9-18(15)24)28-21(16-10-12-27(14-16)23(2,3)4)20(26-22(28)29)19-7-5-6-11-25-19/h5-14,20-21H,1-4H3,(H,26,29)/t20-,21-/m1/s1. The van der Waals surface area contributed by atoms with E-state index >= 15 is 0 Å². The molecule has 4 rings (SSSR count). The number of hydrogen-bond donors (Lipinski definition) is 1. The summed E-state index contributed by atoms with van der Waals surface area (Å²) in [5, 5.41) is 4.24. The van der Waals surface area contributed by atoms with E-state index < -0.39 is 0 Å². The second-order valence-electron chi connectivity index (χ2n) is 8.45. The number of aryl methyl sites for hydroxylation is 1. The van der Waals surface area contributed by atoms with Crippen LogP contribution in [-0.4, -0.2) is 14.7 Å².